The van der Waals surface area contributed by atoms with Crippen LogP contribution < -0.4 is 14.8 Å². The summed E-state index contributed by atoms with van der Waals surface area (Å²) in [6.45, 7) is 6.67. The zero-order valence-electron chi connectivity index (χ0n) is 17.1. The molecule has 7 heteroatoms. The first-order valence-electron chi connectivity index (χ1n) is 9.89. The van der Waals surface area contributed by atoms with Gasteiger partial charge in [0.25, 0.3) is 11.8 Å². The summed E-state index contributed by atoms with van der Waals surface area (Å²) in [6.07, 6.45) is 1.83. The number of hydrogen-bond donors (Lipinski definition) is 1. The van der Waals surface area contributed by atoms with Crippen molar-refractivity contribution in [2.45, 2.75) is 26.7 Å². The van der Waals surface area contributed by atoms with Crippen molar-refractivity contribution in [1.29, 1.82) is 0 Å². The first-order valence-corrected chi connectivity index (χ1v) is 9.89. The topological polar surface area (TPSA) is 86.5 Å². The predicted octanol–water partition coefficient (Wildman–Crippen LogP) is 4.67. The zero-order chi connectivity index (χ0) is 21.1. The fraction of sp³-hybridized carbons (Fsp3) is 0.261. The van der Waals surface area contributed by atoms with Gasteiger partial charge in [0.1, 0.15) is 6.61 Å². The maximum absolute atomic E-state index is 12.7. The molecule has 1 aliphatic rings. The maximum atomic E-state index is 12.7. The van der Waals surface area contributed by atoms with Gasteiger partial charge in [-0.1, -0.05) is 31.1 Å². The molecule has 0 fully saturated rings. The third-order valence-electron chi connectivity index (χ3n) is 4.65. The van der Waals surface area contributed by atoms with Crippen molar-refractivity contribution in [3.63, 3.8) is 0 Å². The molecule has 2 aromatic carbocycles. The van der Waals surface area contributed by atoms with Gasteiger partial charge in [-0.25, -0.2) is 0 Å². The number of nitrogens with zero attached hydrogens (tertiary/aromatic N) is 2. The Morgan fingerprint density at radius 1 is 1.20 bits per heavy atom. The van der Waals surface area contributed by atoms with Gasteiger partial charge in [-0.2, -0.15) is 4.98 Å². The summed E-state index contributed by atoms with van der Waals surface area (Å²) in [4.78, 5) is 17.1. The van der Waals surface area contributed by atoms with Crippen molar-refractivity contribution in [3.05, 3.63) is 59.4 Å². The third kappa shape index (κ3) is 4.05. The van der Waals surface area contributed by atoms with Crippen LogP contribution in [0.2, 0.25) is 0 Å². The molecule has 154 valence electrons. The molecule has 0 saturated carbocycles. The zero-order valence-corrected chi connectivity index (χ0v) is 17.1. The number of carbonyl (C=O) groups excluding carboxylic acids is 1. The van der Waals surface area contributed by atoms with E-state index in [-0.39, 0.29) is 18.4 Å². The van der Waals surface area contributed by atoms with E-state index in [1.165, 1.54) is 0 Å². The lowest BCUT2D eigenvalue weighted by Gasteiger charge is -2.20. The van der Waals surface area contributed by atoms with E-state index in [9.17, 15) is 4.79 Å². The number of aromatic nitrogens is 2. The molecule has 1 amide bonds. The molecule has 0 bridgehead atoms. The molecule has 7 nitrogen and oxygen atoms in total. The minimum Gasteiger partial charge on any atom is -0.490 e. The molecule has 0 saturated heterocycles. The van der Waals surface area contributed by atoms with Crippen molar-refractivity contribution in [3.8, 4) is 23.0 Å². The van der Waals surface area contributed by atoms with Crippen LogP contribution in [0.5, 0.6) is 11.5 Å². The molecule has 3 aromatic rings. The SMILES string of the molecule is CCOc1cccc2c1OCC(C(=O)Nc1ccc(-c3nc(C(C)C)no3)cc1)=C2. The lowest BCUT2D eigenvalue weighted by atomic mass is 10.1. The standard InChI is InChI=1S/C23H23N3O4/c1-4-28-19-7-5-6-16-12-17(13-29-20(16)19)22(27)24-18-10-8-15(9-11-18)23-25-21(14(2)3)26-30-23/h5-12,14H,4,13H2,1-3H3,(H,24,27). The van der Waals surface area contributed by atoms with Crippen LogP contribution in [-0.4, -0.2) is 29.3 Å². The molecule has 0 radical (unpaired) electrons. The van der Waals surface area contributed by atoms with Crippen LogP contribution in [0, 0.1) is 0 Å². The largest absolute Gasteiger partial charge is 0.490 e. The maximum Gasteiger partial charge on any atom is 0.257 e. The summed E-state index contributed by atoms with van der Waals surface area (Å²) in [5.74, 6) is 2.46. The molecule has 0 spiro atoms. The Balaban J connectivity index is 1.47. The van der Waals surface area contributed by atoms with Crippen LogP contribution in [0.1, 0.15) is 38.1 Å². The van der Waals surface area contributed by atoms with Gasteiger partial charge in [0, 0.05) is 22.7 Å². The Morgan fingerprint density at radius 2 is 2.00 bits per heavy atom. The lowest BCUT2D eigenvalue weighted by Crippen LogP contribution is -2.21. The van der Waals surface area contributed by atoms with Crippen LogP contribution in [0.25, 0.3) is 17.5 Å². The van der Waals surface area contributed by atoms with E-state index in [1.807, 2.05) is 57.2 Å². The molecule has 0 aliphatic carbocycles. The number of rotatable bonds is 6. The first kappa shape index (κ1) is 19.7. The van der Waals surface area contributed by atoms with Crippen molar-refractivity contribution < 1.29 is 18.8 Å². The third-order valence-corrected chi connectivity index (χ3v) is 4.65. The number of para-hydroxylation sites is 1. The van der Waals surface area contributed by atoms with Crippen LogP contribution in [0.15, 0.2) is 52.6 Å². The summed E-state index contributed by atoms with van der Waals surface area (Å²) >= 11 is 0. The number of anilines is 1. The number of amides is 1. The second kappa shape index (κ2) is 8.41. The first-order chi connectivity index (χ1) is 14.5. The minimum atomic E-state index is -0.213. The summed E-state index contributed by atoms with van der Waals surface area (Å²) in [6, 6.07) is 12.9. The quantitative estimate of drug-likeness (QED) is 0.641. The van der Waals surface area contributed by atoms with Crippen LogP contribution in [0.3, 0.4) is 0 Å². The normalized spacial score (nSPS) is 12.7. The number of benzene rings is 2. The molecule has 30 heavy (non-hydrogen) atoms. The molecule has 1 N–H and O–H groups in total. The highest BCUT2D eigenvalue weighted by molar-refractivity contribution is 6.07. The van der Waals surface area contributed by atoms with E-state index in [0.29, 0.717) is 41.1 Å². The lowest BCUT2D eigenvalue weighted by molar-refractivity contribution is -0.113. The van der Waals surface area contributed by atoms with Crippen LogP contribution in [-0.2, 0) is 4.79 Å². The highest BCUT2D eigenvalue weighted by Crippen LogP contribution is 2.36. The number of fused-ring (bicyclic) bond motifs is 1. The Labute approximate surface area is 174 Å². The van der Waals surface area contributed by atoms with E-state index in [2.05, 4.69) is 15.5 Å². The fourth-order valence-corrected chi connectivity index (χ4v) is 3.07. The minimum absolute atomic E-state index is 0.182. The van der Waals surface area contributed by atoms with Gasteiger partial charge in [0.15, 0.2) is 17.3 Å². The predicted molar refractivity (Wildman–Crippen MR) is 114 cm³/mol. The molecule has 0 atom stereocenters. The Bertz CT molecular complexity index is 1080. The molecule has 1 aromatic heterocycles. The van der Waals surface area contributed by atoms with Gasteiger partial charge >= 0.3 is 0 Å². The smallest absolute Gasteiger partial charge is 0.257 e. The van der Waals surface area contributed by atoms with Gasteiger partial charge in [-0.05, 0) is 43.3 Å². The Morgan fingerprint density at radius 3 is 2.70 bits per heavy atom. The monoisotopic (exact) mass is 405 g/mol. The molecule has 0 unspecified atom stereocenters. The number of nitrogens with one attached hydrogen (secondary N) is 1. The number of hydrogen-bond acceptors (Lipinski definition) is 6. The van der Waals surface area contributed by atoms with Gasteiger partial charge in [-0.15, -0.1) is 0 Å². The molecular weight excluding hydrogens is 382 g/mol. The van der Waals surface area contributed by atoms with Crippen LogP contribution in [0.4, 0.5) is 5.69 Å². The highest BCUT2D eigenvalue weighted by atomic mass is 16.5. The molecule has 1 aliphatic heterocycles. The molecule has 4 rings (SSSR count). The summed E-state index contributed by atoms with van der Waals surface area (Å²) in [5, 5.41) is 6.87. The van der Waals surface area contributed by atoms with Crippen molar-refractivity contribution in [1.82, 2.24) is 10.1 Å². The molecular formula is C23H23N3O4. The van der Waals surface area contributed by atoms with E-state index >= 15 is 0 Å². The number of carbonyl (C=O) groups is 1. The summed E-state index contributed by atoms with van der Waals surface area (Å²) in [7, 11) is 0. The van der Waals surface area contributed by atoms with Crippen LogP contribution >= 0.6 is 0 Å². The van der Waals surface area contributed by atoms with Crippen molar-refractivity contribution >= 4 is 17.7 Å². The second-order valence-corrected chi connectivity index (χ2v) is 7.21. The average Bonchev–Trinajstić information content (AvgIpc) is 3.25. The summed E-state index contributed by atoms with van der Waals surface area (Å²) in [5.41, 5.74) is 2.83. The Kier molecular flexibility index (Phi) is 5.52. The van der Waals surface area contributed by atoms with E-state index in [4.69, 9.17) is 14.0 Å². The van der Waals surface area contributed by atoms with Gasteiger partial charge in [0.2, 0.25) is 0 Å². The highest BCUT2D eigenvalue weighted by Gasteiger charge is 2.20. The second-order valence-electron chi connectivity index (χ2n) is 7.21. The summed E-state index contributed by atoms with van der Waals surface area (Å²) < 4.78 is 16.7. The van der Waals surface area contributed by atoms with Gasteiger partial charge < -0.3 is 19.3 Å². The van der Waals surface area contributed by atoms with Gasteiger partial charge in [-0.3, -0.25) is 4.79 Å². The van der Waals surface area contributed by atoms with E-state index in [1.54, 1.807) is 12.1 Å². The average molecular weight is 405 g/mol. The number of ether oxygens (including phenoxy) is 2. The van der Waals surface area contributed by atoms with E-state index in [0.717, 1.165) is 11.1 Å². The van der Waals surface area contributed by atoms with Gasteiger partial charge in [0.05, 0.1) is 12.2 Å². The molecule has 2 heterocycles. The van der Waals surface area contributed by atoms with Crippen molar-refractivity contribution in [2.24, 2.45) is 0 Å². The fourth-order valence-electron chi connectivity index (χ4n) is 3.07. The van der Waals surface area contributed by atoms with E-state index < -0.39 is 0 Å². The van der Waals surface area contributed by atoms with Crippen molar-refractivity contribution in [2.75, 3.05) is 18.5 Å². The Hall–Kier alpha value is -3.61.